The first-order valence-electron chi connectivity index (χ1n) is 6.20. The monoisotopic (exact) mass is 218 g/mol. The molecule has 2 rings (SSSR count). The van der Waals surface area contributed by atoms with E-state index in [2.05, 4.69) is 37.8 Å². The van der Waals surface area contributed by atoms with Gasteiger partial charge in [-0.1, -0.05) is 6.92 Å². The summed E-state index contributed by atoms with van der Waals surface area (Å²) in [6.07, 6.45) is 2.59. The second-order valence-corrected chi connectivity index (χ2v) is 5.21. The molecule has 0 saturated carbocycles. The van der Waals surface area contributed by atoms with Crippen LogP contribution in [0.15, 0.2) is 18.2 Å². The molecule has 0 aromatic heterocycles. The first kappa shape index (κ1) is 11.3. The largest absolute Gasteiger partial charge is 0.399 e. The molecule has 1 fully saturated rings. The van der Waals surface area contributed by atoms with Gasteiger partial charge in [0.2, 0.25) is 0 Å². The van der Waals surface area contributed by atoms with Crippen LogP contribution in [0, 0.1) is 12.8 Å². The normalized spacial score (nSPS) is 25.8. The molecule has 1 aromatic rings. The van der Waals surface area contributed by atoms with Crippen LogP contribution in [-0.4, -0.2) is 12.6 Å². The van der Waals surface area contributed by atoms with Gasteiger partial charge in [0.15, 0.2) is 0 Å². The molecule has 0 aliphatic carbocycles. The van der Waals surface area contributed by atoms with Crippen molar-refractivity contribution in [1.29, 1.82) is 0 Å². The molecular formula is C14H22N2. The lowest BCUT2D eigenvalue weighted by molar-refractivity contribution is 0.378. The smallest absolute Gasteiger partial charge is 0.0372 e. The molecule has 0 spiro atoms. The summed E-state index contributed by atoms with van der Waals surface area (Å²) in [5.74, 6) is 0.862. The summed E-state index contributed by atoms with van der Waals surface area (Å²) >= 11 is 0. The highest BCUT2D eigenvalue weighted by Crippen LogP contribution is 2.29. The standard InChI is InChI=1S/C14H22N2/c1-10-6-7-16(12(3)8-10)13-4-5-14(15)11(2)9-13/h4-5,9-10,12H,6-8,15H2,1-3H3. The summed E-state index contributed by atoms with van der Waals surface area (Å²) in [6, 6.07) is 7.03. The van der Waals surface area contributed by atoms with Crippen LogP contribution in [-0.2, 0) is 0 Å². The van der Waals surface area contributed by atoms with E-state index in [1.807, 2.05) is 6.07 Å². The van der Waals surface area contributed by atoms with Gasteiger partial charge in [0.05, 0.1) is 0 Å². The maximum absolute atomic E-state index is 5.86. The van der Waals surface area contributed by atoms with Gasteiger partial charge >= 0.3 is 0 Å². The highest BCUT2D eigenvalue weighted by Gasteiger charge is 2.22. The summed E-state index contributed by atoms with van der Waals surface area (Å²) in [5.41, 5.74) is 9.26. The molecule has 1 aromatic carbocycles. The Morgan fingerprint density at radius 3 is 2.69 bits per heavy atom. The molecule has 0 radical (unpaired) electrons. The molecule has 2 atom stereocenters. The minimum atomic E-state index is 0.645. The van der Waals surface area contributed by atoms with Crippen LogP contribution >= 0.6 is 0 Å². The highest BCUT2D eigenvalue weighted by atomic mass is 15.2. The first-order chi connectivity index (χ1) is 7.58. The number of benzene rings is 1. The van der Waals surface area contributed by atoms with Crippen molar-refractivity contribution in [3.05, 3.63) is 23.8 Å². The van der Waals surface area contributed by atoms with E-state index < -0.39 is 0 Å². The molecule has 1 saturated heterocycles. The van der Waals surface area contributed by atoms with E-state index in [9.17, 15) is 0 Å². The third-order valence-electron chi connectivity index (χ3n) is 3.72. The van der Waals surface area contributed by atoms with Crippen LogP contribution in [0.2, 0.25) is 0 Å². The number of nitrogens with two attached hydrogens (primary N) is 1. The number of nitrogens with zero attached hydrogens (tertiary/aromatic N) is 1. The van der Waals surface area contributed by atoms with E-state index in [0.717, 1.165) is 11.6 Å². The minimum Gasteiger partial charge on any atom is -0.399 e. The Kier molecular flexibility index (Phi) is 3.08. The Bertz CT molecular complexity index is 373. The number of nitrogen functional groups attached to an aromatic ring is 1. The third kappa shape index (κ3) is 2.16. The van der Waals surface area contributed by atoms with Crippen molar-refractivity contribution >= 4 is 11.4 Å². The molecule has 2 unspecified atom stereocenters. The van der Waals surface area contributed by atoms with Crippen LogP contribution in [0.5, 0.6) is 0 Å². The van der Waals surface area contributed by atoms with E-state index in [4.69, 9.17) is 5.73 Å². The fraction of sp³-hybridized carbons (Fsp3) is 0.571. The first-order valence-corrected chi connectivity index (χ1v) is 6.20. The molecule has 2 heteroatoms. The molecular weight excluding hydrogens is 196 g/mol. The number of aryl methyl sites for hydroxylation is 1. The minimum absolute atomic E-state index is 0.645. The molecule has 16 heavy (non-hydrogen) atoms. The third-order valence-corrected chi connectivity index (χ3v) is 3.72. The summed E-state index contributed by atoms with van der Waals surface area (Å²) in [6.45, 7) is 7.92. The Morgan fingerprint density at radius 2 is 2.06 bits per heavy atom. The zero-order chi connectivity index (χ0) is 11.7. The fourth-order valence-electron chi connectivity index (χ4n) is 2.63. The zero-order valence-corrected chi connectivity index (χ0v) is 10.5. The van der Waals surface area contributed by atoms with Gasteiger partial charge in [-0.05, 0) is 56.4 Å². The van der Waals surface area contributed by atoms with Crippen molar-refractivity contribution in [3.8, 4) is 0 Å². The summed E-state index contributed by atoms with van der Waals surface area (Å²) < 4.78 is 0. The lowest BCUT2D eigenvalue weighted by Crippen LogP contribution is -2.40. The predicted molar refractivity (Wildman–Crippen MR) is 70.8 cm³/mol. The van der Waals surface area contributed by atoms with Crippen molar-refractivity contribution in [2.75, 3.05) is 17.2 Å². The van der Waals surface area contributed by atoms with Crippen molar-refractivity contribution in [3.63, 3.8) is 0 Å². The number of rotatable bonds is 1. The van der Waals surface area contributed by atoms with Crippen LogP contribution in [0.3, 0.4) is 0 Å². The number of hydrogen-bond donors (Lipinski definition) is 1. The second kappa shape index (κ2) is 4.36. The van der Waals surface area contributed by atoms with E-state index >= 15 is 0 Å². The Hall–Kier alpha value is -1.18. The Labute approximate surface area is 98.4 Å². The summed E-state index contributed by atoms with van der Waals surface area (Å²) in [4.78, 5) is 2.51. The predicted octanol–water partition coefficient (Wildman–Crippen LogP) is 3.20. The molecule has 2 N–H and O–H groups in total. The quantitative estimate of drug-likeness (QED) is 0.733. The number of hydrogen-bond acceptors (Lipinski definition) is 2. The van der Waals surface area contributed by atoms with Gasteiger partial charge in [0.25, 0.3) is 0 Å². The van der Waals surface area contributed by atoms with Crippen molar-refractivity contribution in [2.45, 2.75) is 39.7 Å². The Morgan fingerprint density at radius 1 is 1.31 bits per heavy atom. The lowest BCUT2D eigenvalue weighted by Gasteiger charge is -2.38. The van der Waals surface area contributed by atoms with E-state index in [1.165, 1.54) is 30.6 Å². The number of piperidine rings is 1. The van der Waals surface area contributed by atoms with Crippen LogP contribution in [0.1, 0.15) is 32.3 Å². The molecule has 0 amide bonds. The van der Waals surface area contributed by atoms with Gasteiger partial charge in [-0.3, -0.25) is 0 Å². The van der Waals surface area contributed by atoms with Crippen LogP contribution in [0.25, 0.3) is 0 Å². The van der Waals surface area contributed by atoms with Gasteiger partial charge in [-0.15, -0.1) is 0 Å². The van der Waals surface area contributed by atoms with Crippen molar-refractivity contribution in [2.24, 2.45) is 5.92 Å². The average Bonchev–Trinajstić information content (AvgIpc) is 2.22. The van der Waals surface area contributed by atoms with E-state index in [1.54, 1.807) is 0 Å². The van der Waals surface area contributed by atoms with Crippen LogP contribution in [0.4, 0.5) is 11.4 Å². The van der Waals surface area contributed by atoms with Gasteiger partial charge < -0.3 is 10.6 Å². The van der Waals surface area contributed by atoms with Crippen LogP contribution < -0.4 is 10.6 Å². The van der Waals surface area contributed by atoms with Crippen molar-refractivity contribution in [1.82, 2.24) is 0 Å². The summed E-state index contributed by atoms with van der Waals surface area (Å²) in [5, 5.41) is 0. The molecule has 1 heterocycles. The molecule has 2 nitrogen and oxygen atoms in total. The lowest BCUT2D eigenvalue weighted by atomic mass is 9.93. The molecule has 1 aliphatic rings. The average molecular weight is 218 g/mol. The van der Waals surface area contributed by atoms with E-state index in [-0.39, 0.29) is 0 Å². The maximum Gasteiger partial charge on any atom is 0.0372 e. The molecule has 1 aliphatic heterocycles. The Balaban J connectivity index is 2.20. The maximum atomic E-state index is 5.86. The highest BCUT2D eigenvalue weighted by molar-refractivity contribution is 5.58. The van der Waals surface area contributed by atoms with Gasteiger partial charge in [-0.25, -0.2) is 0 Å². The van der Waals surface area contributed by atoms with Gasteiger partial charge in [-0.2, -0.15) is 0 Å². The fourth-order valence-corrected chi connectivity index (χ4v) is 2.63. The molecule has 0 bridgehead atoms. The molecule has 88 valence electrons. The second-order valence-electron chi connectivity index (χ2n) is 5.21. The summed E-state index contributed by atoms with van der Waals surface area (Å²) in [7, 11) is 0. The zero-order valence-electron chi connectivity index (χ0n) is 10.5. The van der Waals surface area contributed by atoms with Gasteiger partial charge in [0.1, 0.15) is 0 Å². The van der Waals surface area contributed by atoms with Crippen molar-refractivity contribution < 1.29 is 0 Å². The topological polar surface area (TPSA) is 29.3 Å². The van der Waals surface area contributed by atoms with E-state index in [0.29, 0.717) is 6.04 Å². The number of anilines is 2. The van der Waals surface area contributed by atoms with Gasteiger partial charge in [0, 0.05) is 24.0 Å². The SMILES string of the molecule is Cc1cc(N2CCC(C)CC2C)ccc1N.